The number of allylic oxidation sites excluding steroid dienone is 7. The predicted molar refractivity (Wildman–Crippen MR) is 292 cm³/mol. The fourth-order valence-corrected chi connectivity index (χ4v) is 8.80. The van der Waals surface area contributed by atoms with E-state index in [1.54, 1.807) is 6.08 Å². The van der Waals surface area contributed by atoms with Gasteiger partial charge in [0.1, 0.15) is 0 Å². The van der Waals surface area contributed by atoms with Crippen molar-refractivity contribution in [3.63, 3.8) is 0 Å². The van der Waals surface area contributed by atoms with Crippen molar-refractivity contribution in [2.45, 2.75) is 315 Å². The zero-order chi connectivity index (χ0) is 48.6. The maximum Gasteiger partial charge on any atom is 0.305 e. The molecule has 67 heavy (non-hydrogen) atoms. The Morgan fingerprint density at radius 2 is 0.746 bits per heavy atom. The van der Waals surface area contributed by atoms with Crippen molar-refractivity contribution < 1.29 is 24.5 Å². The summed E-state index contributed by atoms with van der Waals surface area (Å²) in [6, 6.07) is -0.646. The number of amides is 1. The summed E-state index contributed by atoms with van der Waals surface area (Å²) in [4.78, 5) is 24.5. The van der Waals surface area contributed by atoms with E-state index >= 15 is 0 Å². The van der Waals surface area contributed by atoms with Gasteiger partial charge in [-0.2, -0.15) is 0 Å². The summed E-state index contributed by atoms with van der Waals surface area (Å²) in [5, 5.41) is 23.2. The van der Waals surface area contributed by atoms with Gasteiger partial charge in [0.05, 0.1) is 25.4 Å². The van der Waals surface area contributed by atoms with E-state index in [2.05, 4.69) is 55.6 Å². The number of carbonyl (C=O) groups is 2. The van der Waals surface area contributed by atoms with Gasteiger partial charge in [0.2, 0.25) is 5.91 Å². The van der Waals surface area contributed by atoms with Crippen LogP contribution < -0.4 is 5.32 Å². The number of ether oxygens (including phenoxy) is 1. The molecule has 3 N–H and O–H groups in total. The largest absolute Gasteiger partial charge is 0.466 e. The Morgan fingerprint density at radius 1 is 0.418 bits per heavy atom. The molecular weight excluding hydrogens is 827 g/mol. The van der Waals surface area contributed by atoms with Crippen LogP contribution in [-0.2, 0) is 14.3 Å². The van der Waals surface area contributed by atoms with Gasteiger partial charge in [-0.1, -0.05) is 249 Å². The van der Waals surface area contributed by atoms with Crippen LogP contribution in [0.25, 0.3) is 0 Å². The molecule has 0 radical (unpaired) electrons. The zero-order valence-electron chi connectivity index (χ0n) is 44.6. The van der Waals surface area contributed by atoms with Gasteiger partial charge in [0.15, 0.2) is 0 Å². The third-order valence-electron chi connectivity index (χ3n) is 13.3. The first-order chi connectivity index (χ1) is 33.0. The van der Waals surface area contributed by atoms with Crippen LogP contribution in [0.2, 0.25) is 0 Å². The Bertz CT molecular complexity index is 1130. The van der Waals surface area contributed by atoms with Gasteiger partial charge in [-0.05, 0) is 89.9 Å². The third kappa shape index (κ3) is 53.0. The highest BCUT2D eigenvalue weighted by atomic mass is 16.5. The molecule has 0 aromatic carbocycles. The average Bonchev–Trinajstić information content (AvgIpc) is 3.33. The molecule has 0 bridgehead atoms. The lowest BCUT2D eigenvalue weighted by molar-refractivity contribution is -0.143. The van der Waals surface area contributed by atoms with E-state index in [-0.39, 0.29) is 18.5 Å². The summed E-state index contributed by atoms with van der Waals surface area (Å²) >= 11 is 0. The summed E-state index contributed by atoms with van der Waals surface area (Å²) in [5.74, 6) is -0.121. The molecule has 392 valence electrons. The number of hydrogen-bond acceptors (Lipinski definition) is 5. The Kier molecular flexibility index (Phi) is 54.6. The molecule has 0 rings (SSSR count). The normalized spacial score (nSPS) is 13.0. The van der Waals surface area contributed by atoms with Gasteiger partial charge in [-0.3, -0.25) is 9.59 Å². The summed E-state index contributed by atoms with van der Waals surface area (Å²) in [6.45, 7) is 4.84. The van der Waals surface area contributed by atoms with Crippen LogP contribution in [-0.4, -0.2) is 47.4 Å². The number of nitrogens with one attached hydrogen (secondary N) is 1. The molecule has 6 heteroatoms. The highest BCUT2D eigenvalue weighted by Crippen LogP contribution is 2.16. The molecule has 6 nitrogen and oxygen atoms in total. The lowest BCUT2D eigenvalue weighted by Crippen LogP contribution is -2.45. The van der Waals surface area contributed by atoms with Gasteiger partial charge < -0.3 is 20.3 Å². The number of esters is 1. The molecule has 0 aromatic rings. The number of unbranched alkanes of at least 4 members (excludes halogenated alkanes) is 38. The van der Waals surface area contributed by atoms with Crippen molar-refractivity contribution in [1.29, 1.82) is 0 Å². The number of aliphatic hydroxyl groups is 2. The smallest absolute Gasteiger partial charge is 0.305 e. The van der Waals surface area contributed by atoms with Gasteiger partial charge >= 0.3 is 5.97 Å². The van der Waals surface area contributed by atoms with Gasteiger partial charge in [0, 0.05) is 12.8 Å². The fraction of sp³-hybridized carbons (Fsp3) is 0.836. The molecule has 0 aliphatic heterocycles. The Balaban J connectivity index is 3.56. The molecule has 2 atom stereocenters. The fourth-order valence-electron chi connectivity index (χ4n) is 8.80. The minimum absolute atomic E-state index is 0.0316. The highest BCUT2D eigenvalue weighted by Gasteiger charge is 2.18. The van der Waals surface area contributed by atoms with Gasteiger partial charge in [0.25, 0.3) is 0 Å². The quantitative estimate of drug-likeness (QED) is 0.0244. The molecule has 0 aromatic heterocycles. The van der Waals surface area contributed by atoms with Crippen LogP contribution in [0, 0.1) is 0 Å². The lowest BCUT2D eigenvalue weighted by atomic mass is 10.0. The zero-order valence-corrected chi connectivity index (χ0v) is 44.6. The summed E-state index contributed by atoms with van der Waals surface area (Å²) in [6.07, 6.45) is 71.3. The molecule has 0 spiro atoms. The second kappa shape index (κ2) is 56.4. The van der Waals surface area contributed by atoms with E-state index in [1.807, 2.05) is 6.08 Å². The first-order valence-electron chi connectivity index (χ1n) is 29.4. The van der Waals surface area contributed by atoms with E-state index in [9.17, 15) is 19.8 Å². The summed E-state index contributed by atoms with van der Waals surface area (Å²) in [5.41, 5.74) is 0. The molecule has 0 saturated carbocycles. The molecular formula is C61H113NO5. The second-order valence-electron chi connectivity index (χ2n) is 20.0. The maximum absolute atomic E-state index is 12.5. The Morgan fingerprint density at radius 3 is 1.15 bits per heavy atom. The SMILES string of the molecule is CCCCCCC/C=C\CCCCCCCC(=O)OCCCCC/C=C\C=C/CCCCCCCCC(=O)NC(CO)C(O)/C=C/CCCCCCCCCCCCCCCCCCCCC. The van der Waals surface area contributed by atoms with Crippen LogP contribution in [0.3, 0.4) is 0 Å². The van der Waals surface area contributed by atoms with Crippen molar-refractivity contribution in [3.8, 4) is 0 Å². The predicted octanol–water partition coefficient (Wildman–Crippen LogP) is 18.2. The first kappa shape index (κ1) is 64.8. The van der Waals surface area contributed by atoms with Crippen molar-refractivity contribution >= 4 is 11.9 Å². The van der Waals surface area contributed by atoms with Gasteiger partial charge in [-0.25, -0.2) is 0 Å². The van der Waals surface area contributed by atoms with Crippen molar-refractivity contribution in [3.05, 3.63) is 48.6 Å². The van der Waals surface area contributed by atoms with Crippen LogP contribution in [0.5, 0.6) is 0 Å². The van der Waals surface area contributed by atoms with Crippen molar-refractivity contribution in [2.75, 3.05) is 13.2 Å². The van der Waals surface area contributed by atoms with Gasteiger partial charge in [-0.15, -0.1) is 0 Å². The van der Waals surface area contributed by atoms with E-state index in [4.69, 9.17) is 4.74 Å². The van der Waals surface area contributed by atoms with Crippen LogP contribution >= 0.6 is 0 Å². The Labute approximate surface area is 416 Å². The molecule has 0 aliphatic carbocycles. The maximum atomic E-state index is 12.5. The minimum atomic E-state index is -0.861. The van der Waals surface area contributed by atoms with E-state index < -0.39 is 12.1 Å². The number of rotatable bonds is 54. The average molecular weight is 941 g/mol. The highest BCUT2D eigenvalue weighted by molar-refractivity contribution is 5.76. The van der Waals surface area contributed by atoms with Crippen LogP contribution in [0.4, 0.5) is 0 Å². The van der Waals surface area contributed by atoms with Crippen LogP contribution in [0.15, 0.2) is 48.6 Å². The number of hydrogen-bond donors (Lipinski definition) is 3. The Hall–Kier alpha value is -2.18. The van der Waals surface area contributed by atoms with E-state index in [0.717, 1.165) is 77.0 Å². The van der Waals surface area contributed by atoms with Crippen LogP contribution in [0.1, 0.15) is 303 Å². The van der Waals surface area contributed by atoms with E-state index in [0.29, 0.717) is 19.4 Å². The number of carbonyl (C=O) groups excluding carboxylic acids is 2. The standard InChI is InChI=1S/C61H113NO5/c1-3-5-7-9-11-13-15-17-19-20-21-22-23-24-26-29-33-37-41-45-49-53-59(64)58(57-63)62-60(65)54-50-46-42-38-34-30-27-25-28-32-36-40-44-48-52-56-67-61(66)55-51-47-43-39-35-31-18-16-14-12-10-8-6-4-2/h16,18,25,28,32,36,49,53,58-59,63-64H,3-15,17,19-24,26-27,29-31,33-35,37-48,50-52,54-57H2,1-2H3,(H,62,65)/b18-16-,28-25-,36-32-,53-49+. The van der Waals surface area contributed by atoms with Crippen molar-refractivity contribution in [1.82, 2.24) is 5.32 Å². The molecule has 1 amide bonds. The first-order valence-corrected chi connectivity index (χ1v) is 29.4. The summed E-state index contributed by atoms with van der Waals surface area (Å²) in [7, 11) is 0. The second-order valence-corrected chi connectivity index (χ2v) is 20.0. The lowest BCUT2D eigenvalue weighted by Gasteiger charge is -2.20. The molecule has 0 aliphatic rings. The third-order valence-corrected chi connectivity index (χ3v) is 13.3. The minimum Gasteiger partial charge on any atom is -0.466 e. The molecule has 2 unspecified atom stereocenters. The molecule has 0 saturated heterocycles. The van der Waals surface area contributed by atoms with Crippen molar-refractivity contribution in [2.24, 2.45) is 0 Å². The monoisotopic (exact) mass is 940 g/mol. The van der Waals surface area contributed by atoms with E-state index in [1.165, 1.54) is 199 Å². The molecule has 0 fully saturated rings. The topological polar surface area (TPSA) is 95.9 Å². The summed E-state index contributed by atoms with van der Waals surface area (Å²) < 4.78 is 5.44. The molecule has 0 heterocycles. The number of aliphatic hydroxyl groups excluding tert-OH is 2.